The van der Waals surface area contributed by atoms with Gasteiger partial charge in [0.15, 0.2) is 0 Å². The summed E-state index contributed by atoms with van der Waals surface area (Å²) in [6.07, 6.45) is 3.09. The summed E-state index contributed by atoms with van der Waals surface area (Å²) >= 11 is 5.79. The van der Waals surface area contributed by atoms with Gasteiger partial charge in [0.05, 0.1) is 0 Å². The van der Waals surface area contributed by atoms with Crippen molar-refractivity contribution in [1.82, 2.24) is 0 Å². The van der Waals surface area contributed by atoms with Crippen molar-refractivity contribution in [3.8, 4) is 0 Å². The van der Waals surface area contributed by atoms with Crippen LogP contribution in [0.2, 0.25) is 0 Å². The van der Waals surface area contributed by atoms with Crippen LogP contribution in [-0.4, -0.2) is 0 Å². The van der Waals surface area contributed by atoms with E-state index in [9.17, 15) is 0 Å². The maximum atomic E-state index is 5.79. The lowest BCUT2D eigenvalue weighted by molar-refractivity contribution is 1.23. The predicted octanol–water partition coefficient (Wildman–Crippen LogP) is 2.85. The molecule has 0 amide bonds. The fourth-order valence-corrected chi connectivity index (χ4v) is 1.15. The second-order valence-electron chi connectivity index (χ2n) is 2.26. The van der Waals surface area contributed by atoms with Crippen molar-refractivity contribution < 1.29 is 0 Å². The van der Waals surface area contributed by atoms with E-state index in [0.717, 1.165) is 11.5 Å². The molecule has 0 atom stereocenters. The number of halogens is 1. The molecule has 0 bridgehead atoms. The molecule has 1 heteroatoms. The molecule has 0 aromatic heterocycles. The van der Waals surface area contributed by atoms with Crippen LogP contribution in [0, 0.1) is 0 Å². The van der Waals surface area contributed by atoms with Crippen LogP contribution in [0.15, 0.2) is 22.3 Å². The molecule has 1 rings (SSSR count). The Kier molecular flexibility index (Phi) is 1.43. The first-order valence-corrected chi connectivity index (χ1v) is 3.10. The van der Waals surface area contributed by atoms with Crippen LogP contribution >= 0.6 is 11.6 Å². The van der Waals surface area contributed by atoms with Gasteiger partial charge in [-0.25, -0.2) is 0 Å². The minimum absolute atomic E-state index is 0.966. The molecule has 1 aliphatic carbocycles. The molecule has 44 valence electrons. The maximum Gasteiger partial charge on any atom is 0.0250 e. The second-order valence-corrected chi connectivity index (χ2v) is 2.71. The monoisotopic (exact) mass is 128 g/mol. The van der Waals surface area contributed by atoms with Crippen LogP contribution in [0.3, 0.4) is 0 Å². The van der Waals surface area contributed by atoms with Gasteiger partial charge < -0.3 is 0 Å². The summed E-state index contributed by atoms with van der Waals surface area (Å²) in [5, 5.41) is 1.00. The highest BCUT2D eigenvalue weighted by Crippen LogP contribution is 2.26. The molecular weight excluding hydrogens is 120 g/mol. The highest BCUT2D eigenvalue weighted by Gasteiger charge is 2.05. The van der Waals surface area contributed by atoms with Gasteiger partial charge in [0.1, 0.15) is 0 Å². The van der Waals surface area contributed by atoms with E-state index in [4.69, 9.17) is 11.6 Å². The second kappa shape index (κ2) is 1.94. The number of hydrogen-bond acceptors (Lipinski definition) is 0. The summed E-state index contributed by atoms with van der Waals surface area (Å²) in [6.45, 7) is 4.14. The Balaban J connectivity index is 2.79. The van der Waals surface area contributed by atoms with E-state index in [-0.39, 0.29) is 0 Å². The highest BCUT2D eigenvalue weighted by atomic mass is 35.5. The van der Waals surface area contributed by atoms with Gasteiger partial charge in [-0.1, -0.05) is 23.3 Å². The van der Waals surface area contributed by atoms with E-state index in [0.29, 0.717) is 0 Å². The SMILES string of the molecule is CC1=CC(C)=C(Cl)C1. The van der Waals surface area contributed by atoms with Crippen LogP contribution in [0.1, 0.15) is 20.3 Å². The van der Waals surface area contributed by atoms with Crippen LogP contribution in [-0.2, 0) is 0 Å². The molecule has 0 fully saturated rings. The van der Waals surface area contributed by atoms with Crippen molar-refractivity contribution in [2.45, 2.75) is 20.3 Å². The Morgan fingerprint density at radius 3 is 2.25 bits per heavy atom. The van der Waals surface area contributed by atoms with Gasteiger partial charge >= 0.3 is 0 Å². The minimum atomic E-state index is 0.966. The van der Waals surface area contributed by atoms with Gasteiger partial charge in [-0.3, -0.25) is 0 Å². The topological polar surface area (TPSA) is 0 Å². The zero-order valence-electron chi connectivity index (χ0n) is 5.16. The zero-order chi connectivity index (χ0) is 6.15. The molecule has 0 radical (unpaired) electrons. The Morgan fingerprint density at radius 2 is 2.12 bits per heavy atom. The van der Waals surface area contributed by atoms with Crippen molar-refractivity contribution in [1.29, 1.82) is 0 Å². The lowest BCUT2D eigenvalue weighted by Gasteiger charge is -1.86. The summed E-state index contributed by atoms with van der Waals surface area (Å²) in [5.41, 5.74) is 2.59. The molecule has 0 aliphatic heterocycles. The molecule has 0 N–H and O–H groups in total. The van der Waals surface area contributed by atoms with Gasteiger partial charge in [-0.2, -0.15) is 0 Å². The van der Waals surface area contributed by atoms with Gasteiger partial charge in [0.2, 0.25) is 0 Å². The highest BCUT2D eigenvalue weighted by molar-refractivity contribution is 6.30. The van der Waals surface area contributed by atoms with Gasteiger partial charge in [0, 0.05) is 11.5 Å². The van der Waals surface area contributed by atoms with Gasteiger partial charge in [0.25, 0.3) is 0 Å². The first-order valence-electron chi connectivity index (χ1n) is 2.72. The molecule has 8 heavy (non-hydrogen) atoms. The van der Waals surface area contributed by atoms with Gasteiger partial charge in [-0.15, -0.1) is 0 Å². The molecular formula is C7H9Cl. The van der Waals surface area contributed by atoms with Crippen LogP contribution in [0.4, 0.5) is 0 Å². The summed E-state index contributed by atoms with van der Waals surface area (Å²) in [7, 11) is 0. The summed E-state index contributed by atoms with van der Waals surface area (Å²) in [4.78, 5) is 0. The first kappa shape index (κ1) is 5.90. The van der Waals surface area contributed by atoms with Crippen molar-refractivity contribution in [3.63, 3.8) is 0 Å². The van der Waals surface area contributed by atoms with E-state index >= 15 is 0 Å². The van der Waals surface area contributed by atoms with Crippen molar-refractivity contribution in [2.75, 3.05) is 0 Å². The largest absolute Gasteiger partial charge is 0.0885 e. The Morgan fingerprint density at radius 1 is 1.50 bits per heavy atom. The lowest BCUT2D eigenvalue weighted by Crippen LogP contribution is -1.66. The Hall–Kier alpha value is -0.230. The molecule has 0 nitrogen and oxygen atoms in total. The van der Waals surface area contributed by atoms with E-state index in [1.54, 1.807) is 0 Å². The smallest absolute Gasteiger partial charge is 0.0250 e. The Bertz CT molecular complexity index is 163. The van der Waals surface area contributed by atoms with E-state index in [1.807, 2.05) is 6.92 Å². The fraction of sp³-hybridized carbons (Fsp3) is 0.429. The summed E-state index contributed by atoms with van der Waals surface area (Å²) < 4.78 is 0. The van der Waals surface area contributed by atoms with Gasteiger partial charge in [-0.05, 0) is 19.4 Å². The fourth-order valence-electron chi connectivity index (χ4n) is 0.883. The molecule has 0 saturated carbocycles. The average Bonchev–Trinajstić information content (AvgIpc) is 1.85. The molecule has 0 aromatic rings. The molecule has 0 unspecified atom stereocenters. The molecule has 0 spiro atoms. The normalized spacial score (nSPS) is 19.6. The quantitative estimate of drug-likeness (QED) is 0.471. The summed E-state index contributed by atoms with van der Waals surface area (Å²) in [5.74, 6) is 0. The van der Waals surface area contributed by atoms with E-state index in [2.05, 4.69) is 13.0 Å². The third-order valence-electron chi connectivity index (χ3n) is 1.32. The Labute approximate surface area is 54.8 Å². The van der Waals surface area contributed by atoms with E-state index in [1.165, 1.54) is 11.1 Å². The molecule has 0 aromatic carbocycles. The molecule has 1 aliphatic rings. The maximum absolute atomic E-state index is 5.79. The molecule has 0 heterocycles. The molecule has 0 saturated heterocycles. The van der Waals surface area contributed by atoms with Crippen molar-refractivity contribution in [3.05, 3.63) is 22.3 Å². The lowest BCUT2D eigenvalue weighted by atomic mass is 10.3. The average molecular weight is 129 g/mol. The zero-order valence-corrected chi connectivity index (χ0v) is 5.92. The van der Waals surface area contributed by atoms with Crippen LogP contribution in [0.25, 0.3) is 0 Å². The summed E-state index contributed by atoms with van der Waals surface area (Å²) in [6, 6.07) is 0. The standard InChI is InChI=1S/C7H9Cl/c1-5-3-6(2)7(8)4-5/h3H,4H2,1-2H3. The first-order chi connectivity index (χ1) is 3.70. The number of allylic oxidation sites excluding steroid dienone is 4. The van der Waals surface area contributed by atoms with Crippen molar-refractivity contribution >= 4 is 11.6 Å². The third kappa shape index (κ3) is 0.948. The predicted molar refractivity (Wildman–Crippen MR) is 36.9 cm³/mol. The number of hydrogen-bond donors (Lipinski definition) is 0. The third-order valence-corrected chi connectivity index (χ3v) is 1.76. The van der Waals surface area contributed by atoms with Crippen LogP contribution in [0.5, 0.6) is 0 Å². The van der Waals surface area contributed by atoms with Crippen molar-refractivity contribution in [2.24, 2.45) is 0 Å². The van der Waals surface area contributed by atoms with E-state index < -0.39 is 0 Å². The number of rotatable bonds is 0. The van der Waals surface area contributed by atoms with Crippen LogP contribution < -0.4 is 0 Å². The minimum Gasteiger partial charge on any atom is -0.0885 e.